The summed E-state index contributed by atoms with van der Waals surface area (Å²) in [5, 5.41) is 9.89. The summed E-state index contributed by atoms with van der Waals surface area (Å²) >= 11 is 0. The molecule has 0 saturated heterocycles. The molecule has 0 radical (unpaired) electrons. The Morgan fingerprint density at radius 3 is 2.21 bits per heavy atom. The molecule has 0 heterocycles. The maximum Gasteiger partial charge on any atom is 0.0568 e. The first-order chi connectivity index (χ1) is 6.77. The van der Waals surface area contributed by atoms with E-state index in [-0.39, 0.29) is 6.10 Å². The molecule has 1 saturated carbocycles. The Morgan fingerprint density at radius 1 is 1.07 bits per heavy atom. The fraction of sp³-hybridized carbons (Fsp3) is 1.00. The van der Waals surface area contributed by atoms with Crippen LogP contribution in [-0.2, 0) is 0 Å². The van der Waals surface area contributed by atoms with Crippen molar-refractivity contribution in [2.24, 2.45) is 11.8 Å². The third-order valence-corrected chi connectivity index (χ3v) is 3.72. The molecule has 14 heavy (non-hydrogen) atoms. The van der Waals surface area contributed by atoms with E-state index >= 15 is 0 Å². The molecule has 0 spiro atoms. The first kappa shape index (κ1) is 12.0. The Morgan fingerprint density at radius 2 is 1.71 bits per heavy atom. The van der Waals surface area contributed by atoms with Crippen LogP contribution in [0.15, 0.2) is 0 Å². The highest BCUT2D eigenvalue weighted by Gasteiger charge is 2.25. The maximum absolute atomic E-state index is 9.89. The van der Waals surface area contributed by atoms with Gasteiger partial charge in [0.15, 0.2) is 0 Å². The van der Waals surface area contributed by atoms with Crippen molar-refractivity contribution in [3.8, 4) is 0 Å². The lowest BCUT2D eigenvalue weighted by Gasteiger charge is -2.31. The van der Waals surface area contributed by atoms with Crippen LogP contribution in [-0.4, -0.2) is 11.2 Å². The minimum Gasteiger partial charge on any atom is -0.393 e. The van der Waals surface area contributed by atoms with Crippen LogP contribution in [0.1, 0.15) is 65.2 Å². The Balaban J connectivity index is 2.21. The molecule has 0 amide bonds. The molecule has 0 aromatic rings. The van der Waals surface area contributed by atoms with E-state index in [0.717, 1.165) is 18.8 Å². The molecule has 1 fully saturated rings. The summed E-state index contributed by atoms with van der Waals surface area (Å²) in [6.07, 6.45) is 10.1. The van der Waals surface area contributed by atoms with E-state index in [4.69, 9.17) is 0 Å². The van der Waals surface area contributed by atoms with Gasteiger partial charge in [0.25, 0.3) is 0 Å². The first-order valence-corrected chi connectivity index (χ1v) is 6.46. The summed E-state index contributed by atoms with van der Waals surface area (Å²) in [6.45, 7) is 4.43. The summed E-state index contributed by atoms with van der Waals surface area (Å²) < 4.78 is 0. The minimum absolute atomic E-state index is 0.0115. The van der Waals surface area contributed by atoms with Crippen LogP contribution < -0.4 is 0 Å². The van der Waals surface area contributed by atoms with Gasteiger partial charge in [-0.3, -0.25) is 0 Å². The molecular formula is C13H26O. The predicted octanol–water partition coefficient (Wildman–Crippen LogP) is 3.75. The van der Waals surface area contributed by atoms with Crippen LogP contribution in [0, 0.1) is 11.8 Å². The van der Waals surface area contributed by atoms with E-state index in [1.165, 1.54) is 38.5 Å². The van der Waals surface area contributed by atoms with Crippen molar-refractivity contribution in [2.75, 3.05) is 0 Å². The molecule has 0 aromatic carbocycles. The van der Waals surface area contributed by atoms with Gasteiger partial charge in [0.1, 0.15) is 0 Å². The second kappa shape index (κ2) is 6.44. The topological polar surface area (TPSA) is 20.2 Å². The Kier molecular flexibility index (Phi) is 5.54. The van der Waals surface area contributed by atoms with Gasteiger partial charge in [0, 0.05) is 0 Å². The maximum atomic E-state index is 9.89. The first-order valence-electron chi connectivity index (χ1n) is 6.46. The van der Waals surface area contributed by atoms with Gasteiger partial charge in [-0.25, -0.2) is 0 Å². The highest BCUT2D eigenvalue weighted by Crippen LogP contribution is 2.34. The molecule has 84 valence electrons. The van der Waals surface area contributed by atoms with Gasteiger partial charge in [0.05, 0.1) is 6.10 Å². The van der Waals surface area contributed by atoms with Crippen molar-refractivity contribution in [3.63, 3.8) is 0 Å². The van der Waals surface area contributed by atoms with E-state index in [0.29, 0.717) is 5.92 Å². The molecule has 1 nitrogen and oxygen atoms in total. The molecule has 1 aliphatic rings. The summed E-state index contributed by atoms with van der Waals surface area (Å²) in [4.78, 5) is 0. The highest BCUT2D eigenvalue weighted by molar-refractivity contribution is 4.77. The Labute approximate surface area is 88.9 Å². The summed E-state index contributed by atoms with van der Waals surface area (Å²) in [6, 6.07) is 0. The number of rotatable bonds is 5. The SMILES string of the molecule is CCCC1CCC([C@H](O)CCC)CC1. The molecule has 1 heteroatoms. The van der Waals surface area contributed by atoms with E-state index in [1.54, 1.807) is 0 Å². The van der Waals surface area contributed by atoms with Crippen LogP contribution in [0.4, 0.5) is 0 Å². The molecule has 0 aliphatic heterocycles. The Hall–Kier alpha value is -0.0400. The van der Waals surface area contributed by atoms with Gasteiger partial charge in [0.2, 0.25) is 0 Å². The molecule has 1 aliphatic carbocycles. The number of aliphatic hydroxyl groups excluding tert-OH is 1. The zero-order chi connectivity index (χ0) is 10.4. The van der Waals surface area contributed by atoms with Gasteiger partial charge >= 0.3 is 0 Å². The Bertz CT molecular complexity index is 136. The van der Waals surface area contributed by atoms with Crippen molar-refractivity contribution in [1.29, 1.82) is 0 Å². The van der Waals surface area contributed by atoms with Crippen molar-refractivity contribution in [2.45, 2.75) is 71.3 Å². The highest BCUT2D eigenvalue weighted by atomic mass is 16.3. The molecule has 0 bridgehead atoms. The zero-order valence-corrected chi connectivity index (χ0v) is 9.84. The second-order valence-corrected chi connectivity index (χ2v) is 4.93. The summed E-state index contributed by atoms with van der Waals surface area (Å²) in [5.41, 5.74) is 0. The minimum atomic E-state index is -0.0115. The summed E-state index contributed by atoms with van der Waals surface area (Å²) in [7, 11) is 0. The van der Waals surface area contributed by atoms with Crippen molar-refractivity contribution in [1.82, 2.24) is 0 Å². The summed E-state index contributed by atoms with van der Waals surface area (Å²) in [5.74, 6) is 1.58. The van der Waals surface area contributed by atoms with Crippen molar-refractivity contribution >= 4 is 0 Å². The lowest BCUT2D eigenvalue weighted by molar-refractivity contribution is 0.0652. The predicted molar refractivity (Wildman–Crippen MR) is 61.3 cm³/mol. The second-order valence-electron chi connectivity index (χ2n) is 4.93. The van der Waals surface area contributed by atoms with Crippen LogP contribution >= 0.6 is 0 Å². The van der Waals surface area contributed by atoms with E-state index in [9.17, 15) is 5.11 Å². The third-order valence-electron chi connectivity index (χ3n) is 3.72. The van der Waals surface area contributed by atoms with E-state index < -0.39 is 0 Å². The largest absolute Gasteiger partial charge is 0.393 e. The third kappa shape index (κ3) is 3.61. The van der Waals surface area contributed by atoms with Gasteiger partial charge in [-0.05, 0) is 31.1 Å². The van der Waals surface area contributed by atoms with Crippen molar-refractivity contribution in [3.05, 3.63) is 0 Å². The lowest BCUT2D eigenvalue weighted by atomic mass is 9.77. The molecule has 0 unspecified atom stereocenters. The van der Waals surface area contributed by atoms with Gasteiger partial charge < -0.3 is 5.11 Å². The smallest absolute Gasteiger partial charge is 0.0568 e. The number of aliphatic hydroxyl groups is 1. The molecule has 1 atom stereocenters. The normalized spacial score (nSPS) is 30.2. The van der Waals surface area contributed by atoms with E-state index in [1.807, 2.05) is 0 Å². The van der Waals surface area contributed by atoms with Crippen molar-refractivity contribution < 1.29 is 5.11 Å². The van der Waals surface area contributed by atoms with Gasteiger partial charge in [-0.1, -0.05) is 46.0 Å². The molecule has 1 rings (SSSR count). The molecule has 1 N–H and O–H groups in total. The fourth-order valence-electron chi connectivity index (χ4n) is 2.80. The van der Waals surface area contributed by atoms with Crippen LogP contribution in [0.3, 0.4) is 0 Å². The van der Waals surface area contributed by atoms with E-state index in [2.05, 4.69) is 13.8 Å². The van der Waals surface area contributed by atoms with Gasteiger partial charge in [-0.15, -0.1) is 0 Å². The van der Waals surface area contributed by atoms with Crippen LogP contribution in [0.5, 0.6) is 0 Å². The zero-order valence-electron chi connectivity index (χ0n) is 9.84. The average molecular weight is 198 g/mol. The average Bonchev–Trinajstić information content (AvgIpc) is 2.20. The lowest BCUT2D eigenvalue weighted by Crippen LogP contribution is -2.25. The van der Waals surface area contributed by atoms with Crippen LogP contribution in [0.2, 0.25) is 0 Å². The monoisotopic (exact) mass is 198 g/mol. The number of hydrogen-bond acceptors (Lipinski definition) is 1. The van der Waals surface area contributed by atoms with Gasteiger partial charge in [-0.2, -0.15) is 0 Å². The molecule has 0 aromatic heterocycles. The fourth-order valence-corrected chi connectivity index (χ4v) is 2.80. The van der Waals surface area contributed by atoms with Crippen LogP contribution in [0.25, 0.3) is 0 Å². The molecular weight excluding hydrogens is 172 g/mol. The standard InChI is InChI=1S/C13H26O/c1-3-5-11-7-9-12(10-8-11)13(14)6-4-2/h11-14H,3-10H2,1-2H3/t11?,12?,13-/m1/s1. The quantitative estimate of drug-likeness (QED) is 0.713. The number of hydrogen-bond donors (Lipinski definition) is 1.